The smallest absolute Gasteiger partial charge is 0.230 e. The summed E-state index contributed by atoms with van der Waals surface area (Å²) in [5.74, 6) is -1.07. The zero-order valence-corrected chi connectivity index (χ0v) is 14.8. The fourth-order valence-corrected chi connectivity index (χ4v) is 4.90. The predicted molar refractivity (Wildman–Crippen MR) is 92.6 cm³/mol. The van der Waals surface area contributed by atoms with Crippen molar-refractivity contribution in [2.45, 2.75) is 57.1 Å². The van der Waals surface area contributed by atoms with Gasteiger partial charge in [0.1, 0.15) is 5.82 Å². The SMILES string of the molecule is O=C1N(C2CCC(O)CC2)CCC12CCCN(c1ncc(F)cc1F)C2. The highest BCUT2D eigenvalue weighted by atomic mass is 19.1. The van der Waals surface area contributed by atoms with Gasteiger partial charge in [-0.05, 0) is 44.9 Å². The Morgan fingerprint density at radius 1 is 1.15 bits per heavy atom. The summed E-state index contributed by atoms with van der Waals surface area (Å²) in [7, 11) is 0. The summed E-state index contributed by atoms with van der Waals surface area (Å²) in [5.41, 5.74) is -0.489. The molecule has 2 saturated heterocycles. The van der Waals surface area contributed by atoms with Crippen LogP contribution in [0.4, 0.5) is 14.6 Å². The lowest BCUT2D eigenvalue weighted by atomic mass is 9.78. The molecular weight excluding hydrogens is 340 g/mol. The highest BCUT2D eigenvalue weighted by molar-refractivity contribution is 5.86. The molecule has 3 heterocycles. The average Bonchev–Trinajstić information content (AvgIpc) is 2.92. The Balaban J connectivity index is 1.50. The number of likely N-dealkylation sites (tertiary alicyclic amines) is 1. The molecule has 1 unspecified atom stereocenters. The van der Waals surface area contributed by atoms with E-state index in [2.05, 4.69) is 4.98 Å². The molecule has 1 aromatic rings. The Labute approximate surface area is 152 Å². The first kappa shape index (κ1) is 17.6. The number of aromatic nitrogens is 1. The van der Waals surface area contributed by atoms with E-state index in [9.17, 15) is 18.7 Å². The van der Waals surface area contributed by atoms with Crippen molar-refractivity contribution >= 4 is 11.7 Å². The summed E-state index contributed by atoms with van der Waals surface area (Å²) in [4.78, 5) is 20.9. The minimum atomic E-state index is -0.694. The third kappa shape index (κ3) is 3.06. The zero-order valence-electron chi connectivity index (χ0n) is 14.8. The van der Waals surface area contributed by atoms with Crippen LogP contribution >= 0.6 is 0 Å². The molecular formula is C19H25F2N3O2. The van der Waals surface area contributed by atoms with Crippen molar-refractivity contribution in [1.82, 2.24) is 9.88 Å². The van der Waals surface area contributed by atoms with Crippen LogP contribution in [0.1, 0.15) is 44.9 Å². The van der Waals surface area contributed by atoms with E-state index in [1.54, 1.807) is 4.90 Å². The first-order valence-corrected chi connectivity index (χ1v) is 9.54. The number of pyridine rings is 1. The molecule has 1 aromatic heterocycles. The number of amides is 1. The standard InChI is InChI=1S/C19H25F2N3O2/c20-13-10-16(21)17(22-11-13)23-8-1-6-19(12-23)7-9-24(18(19)26)14-2-4-15(25)5-3-14/h10-11,14-15,25H,1-9,12H2. The molecule has 7 heteroatoms. The number of rotatable bonds is 2. The lowest BCUT2D eigenvalue weighted by Gasteiger charge is -2.41. The largest absolute Gasteiger partial charge is 0.393 e. The molecule has 4 rings (SSSR count). The number of nitrogens with zero attached hydrogens (tertiary/aromatic N) is 3. The number of hydrogen-bond donors (Lipinski definition) is 1. The molecule has 1 N–H and O–H groups in total. The van der Waals surface area contributed by atoms with Crippen LogP contribution < -0.4 is 4.90 Å². The van der Waals surface area contributed by atoms with Gasteiger partial charge in [-0.1, -0.05) is 0 Å². The number of carbonyl (C=O) groups excluding carboxylic acids is 1. The Kier molecular flexibility index (Phi) is 4.59. The van der Waals surface area contributed by atoms with E-state index in [0.29, 0.717) is 13.1 Å². The first-order valence-electron chi connectivity index (χ1n) is 9.54. The lowest BCUT2D eigenvalue weighted by molar-refractivity contribution is -0.139. The fourth-order valence-electron chi connectivity index (χ4n) is 4.90. The van der Waals surface area contributed by atoms with Gasteiger partial charge >= 0.3 is 0 Å². The number of halogens is 2. The molecule has 5 nitrogen and oxygen atoms in total. The third-order valence-electron chi connectivity index (χ3n) is 6.32. The zero-order chi connectivity index (χ0) is 18.3. The van der Waals surface area contributed by atoms with Crippen LogP contribution in [0.15, 0.2) is 12.3 Å². The van der Waals surface area contributed by atoms with Gasteiger partial charge in [0, 0.05) is 31.7 Å². The van der Waals surface area contributed by atoms with Crippen LogP contribution in [0, 0.1) is 17.0 Å². The molecule has 26 heavy (non-hydrogen) atoms. The van der Waals surface area contributed by atoms with Gasteiger partial charge in [0.15, 0.2) is 11.6 Å². The second-order valence-corrected chi connectivity index (χ2v) is 7.98. The predicted octanol–water partition coefficient (Wildman–Crippen LogP) is 2.48. The molecule has 0 aromatic carbocycles. The number of aliphatic hydroxyl groups is 1. The average molecular weight is 365 g/mol. The molecule has 1 amide bonds. The van der Waals surface area contributed by atoms with E-state index in [1.165, 1.54) is 0 Å². The molecule has 1 saturated carbocycles. The van der Waals surface area contributed by atoms with Gasteiger partial charge in [-0.15, -0.1) is 0 Å². The van der Waals surface area contributed by atoms with E-state index in [4.69, 9.17) is 0 Å². The fraction of sp³-hybridized carbons (Fsp3) is 0.684. The van der Waals surface area contributed by atoms with E-state index in [-0.39, 0.29) is 23.9 Å². The van der Waals surface area contributed by atoms with Crippen molar-refractivity contribution in [2.24, 2.45) is 5.41 Å². The van der Waals surface area contributed by atoms with E-state index < -0.39 is 17.0 Å². The molecule has 1 aliphatic carbocycles. The van der Waals surface area contributed by atoms with Crippen molar-refractivity contribution in [3.8, 4) is 0 Å². The summed E-state index contributed by atoms with van der Waals surface area (Å²) in [6.07, 6.45) is 6.34. The summed E-state index contributed by atoms with van der Waals surface area (Å²) in [6.45, 7) is 1.79. The van der Waals surface area contributed by atoms with Crippen LogP contribution in [0.3, 0.4) is 0 Å². The number of anilines is 1. The van der Waals surface area contributed by atoms with Gasteiger partial charge in [0.05, 0.1) is 17.7 Å². The van der Waals surface area contributed by atoms with Crippen LogP contribution in [-0.4, -0.2) is 52.7 Å². The number of carbonyl (C=O) groups is 1. The van der Waals surface area contributed by atoms with Crippen LogP contribution in [0.25, 0.3) is 0 Å². The second kappa shape index (κ2) is 6.76. The van der Waals surface area contributed by atoms with E-state index in [1.807, 2.05) is 4.90 Å². The molecule has 142 valence electrons. The first-order chi connectivity index (χ1) is 12.5. The van der Waals surface area contributed by atoms with Crippen molar-refractivity contribution in [3.63, 3.8) is 0 Å². The third-order valence-corrected chi connectivity index (χ3v) is 6.32. The number of hydrogen-bond acceptors (Lipinski definition) is 4. The van der Waals surface area contributed by atoms with Crippen LogP contribution in [-0.2, 0) is 4.79 Å². The quantitative estimate of drug-likeness (QED) is 0.875. The van der Waals surface area contributed by atoms with Crippen molar-refractivity contribution in [1.29, 1.82) is 0 Å². The van der Waals surface area contributed by atoms with Crippen LogP contribution in [0.5, 0.6) is 0 Å². The summed E-state index contributed by atoms with van der Waals surface area (Å²) in [6, 6.07) is 1.06. The van der Waals surface area contributed by atoms with E-state index >= 15 is 0 Å². The van der Waals surface area contributed by atoms with Crippen molar-refractivity contribution < 1.29 is 18.7 Å². The molecule has 1 atom stereocenters. The second-order valence-electron chi connectivity index (χ2n) is 7.98. The summed E-state index contributed by atoms with van der Waals surface area (Å²) in [5, 5.41) is 9.70. The Hall–Kier alpha value is -1.76. The monoisotopic (exact) mass is 365 g/mol. The minimum absolute atomic E-state index is 0.137. The van der Waals surface area contributed by atoms with Gasteiger partial charge < -0.3 is 14.9 Å². The molecule has 3 aliphatic rings. The van der Waals surface area contributed by atoms with Gasteiger partial charge in [-0.2, -0.15) is 0 Å². The Morgan fingerprint density at radius 2 is 1.92 bits per heavy atom. The molecule has 0 radical (unpaired) electrons. The summed E-state index contributed by atoms with van der Waals surface area (Å²) >= 11 is 0. The maximum atomic E-state index is 14.1. The Bertz CT molecular complexity index is 693. The van der Waals surface area contributed by atoms with Gasteiger partial charge in [0.25, 0.3) is 0 Å². The highest BCUT2D eigenvalue weighted by Crippen LogP contribution is 2.43. The highest BCUT2D eigenvalue weighted by Gasteiger charge is 2.51. The normalized spacial score (nSPS) is 32.5. The topological polar surface area (TPSA) is 56.7 Å². The van der Waals surface area contributed by atoms with Crippen molar-refractivity contribution in [3.05, 3.63) is 23.9 Å². The van der Waals surface area contributed by atoms with Crippen LogP contribution in [0.2, 0.25) is 0 Å². The van der Waals surface area contributed by atoms with E-state index in [0.717, 1.165) is 63.8 Å². The maximum Gasteiger partial charge on any atom is 0.230 e. The molecule has 1 spiro atoms. The minimum Gasteiger partial charge on any atom is -0.393 e. The molecule has 2 aliphatic heterocycles. The number of aliphatic hydroxyl groups excluding tert-OH is 1. The maximum absolute atomic E-state index is 14.1. The van der Waals surface area contributed by atoms with Gasteiger partial charge in [-0.3, -0.25) is 4.79 Å². The Morgan fingerprint density at radius 3 is 2.65 bits per heavy atom. The molecule has 0 bridgehead atoms. The van der Waals surface area contributed by atoms with Gasteiger partial charge in [-0.25, -0.2) is 13.8 Å². The molecule has 3 fully saturated rings. The summed E-state index contributed by atoms with van der Waals surface area (Å²) < 4.78 is 27.3. The van der Waals surface area contributed by atoms with Gasteiger partial charge in [0.2, 0.25) is 5.91 Å². The van der Waals surface area contributed by atoms with Crippen molar-refractivity contribution in [2.75, 3.05) is 24.5 Å². The number of piperidine rings is 1. The lowest BCUT2D eigenvalue weighted by Crippen LogP contribution is -2.50.